The number of alkyl halides is 3. The first-order valence-electron chi connectivity index (χ1n) is 6.45. The summed E-state index contributed by atoms with van der Waals surface area (Å²) >= 11 is 11.8. The van der Waals surface area contributed by atoms with Crippen molar-refractivity contribution in [2.24, 2.45) is 5.41 Å². The number of halogens is 5. The number of amides is 1. The summed E-state index contributed by atoms with van der Waals surface area (Å²) in [5.74, 6) is 0. The van der Waals surface area contributed by atoms with Gasteiger partial charge in [-0.3, -0.25) is 0 Å². The second-order valence-electron chi connectivity index (χ2n) is 5.67. The summed E-state index contributed by atoms with van der Waals surface area (Å²) in [4.78, 5) is 11.9. The number of hydrogen-bond donors (Lipinski definition) is 1. The van der Waals surface area contributed by atoms with Gasteiger partial charge >= 0.3 is 12.3 Å². The maximum Gasteiger partial charge on any atom is 0.430 e. The van der Waals surface area contributed by atoms with Gasteiger partial charge in [-0.15, -0.1) is 0 Å². The van der Waals surface area contributed by atoms with Gasteiger partial charge < -0.3 is 4.74 Å². The molecule has 1 amide bonds. The summed E-state index contributed by atoms with van der Waals surface area (Å²) in [6, 6.07) is 1.45. The van der Waals surface area contributed by atoms with E-state index in [4.69, 9.17) is 27.9 Å². The normalized spacial score (nSPS) is 23.6. The van der Waals surface area contributed by atoms with Crippen LogP contribution < -0.4 is 10.4 Å². The van der Waals surface area contributed by atoms with Crippen LogP contribution in [0.15, 0.2) is 12.1 Å². The van der Waals surface area contributed by atoms with E-state index in [2.05, 4.69) is 5.43 Å². The SMILES string of the molecule is CC1(C2NN(c3c(Cl)cc(C(F)(F)F)cc3Cl)C(=O)O2)CC1. The predicted molar refractivity (Wildman–Crippen MR) is 74.7 cm³/mol. The molecule has 1 aliphatic heterocycles. The Morgan fingerprint density at radius 1 is 1.32 bits per heavy atom. The van der Waals surface area contributed by atoms with Crippen molar-refractivity contribution in [1.29, 1.82) is 0 Å². The van der Waals surface area contributed by atoms with Gasteiger partial charge in [0.1, 0.15) is 5.69 Å². The van der Waals surface area contributed by atoms with E-state index in [-0.39, 0.29) is 21.1 Å². The molecule has 120 valence electrons. The average molecular weight is 355 g/mol. The molecule has 0 radical (unpaired) electrons. The zero-order valence-electron chi connectivity index (χ0n) is 11.3. The first kappa shape index (κ1) is 15.7. The number of carbonyl (C=O) groups excluding carboxylic acids is 1. The second kappa shape index (κ2) is 4.91. The molecule has 2 fully saturated rings. The van der Waals surface area contributed by atoms with Gasteiger partial charge in [-0.1, -0.05) is 30.1 Å². The van der Waals surface area contributed by atoms with E-state index in [0.717, 1.165) is 30.0 Å². The number of nitrogens with one attached hydrogen (secondary N) is 1. The monoisotopic (exact) mass is 354 g/mol. The van der Waals surface area contributed by atoms with Crippen molar-refractivity contribution in [2.75, 3.05) is 5.01 Å². The Morgan fingerprint density at radius 3 is 2.32 bits per heavy atom. The molecule has 1 aliphatic carbocycles. The van der Waals surface area contributed by atoms with Gasteiger partial charge in [0.25, 0.3) is 0 Å². The smallest absolute Gasteiger partial charge is 0.427 e. The number of hydrogen-bond acceptors (Lipinski definition) is 3. The molecular weight excluding hydrogens is 344 g/mol. The fourth-order valence-electron chi connectivity index (χ4n) is 2.21. The van der Waals surface area contributed by atoms with Crippen LogP contribution >= 0.6 is 23.2 Å². The Balaban J connectivity index is 1.94. The zero-order chi connectivity index (χ0) is 16.3. The number of nitrogens with zero attached hydrogens (tertiary/aromatic N) is 1. The lowest BCUT2D eigenvalue weighted by molar-refractivity contribution is -0.137. The van der Waals surface area contributed by atoms with Gasteiger partial charge in [-0.2, -0.15) is 18.6 Å². The van der Waals surface area contributed by atoms with E-state index in [1.165, 1.54) is 0 Å². The standard InChI is InChI=1S/C13H11Cl2F3N2O2/c1-12(2-3-12)10-19-20(11(21)22-10)9-7(14)4-6(5-8(9)15)13(16,17)18/h4-5,10,19H,2-3H2,1H3. The highest BCUT2D eigenvalue weighted by Crippen LogP contribution is 2.50. The number of ether oxygens (including phenoxy) is 1. The summed E-state index contributed by atoms with van der Waals surface area (Å²) < 4.78 is 43.4. The number of hydrazine groups is 1. The number of anilines is 1. The van der Waals surface area contributed by atoms with E-state index in [1.54, 1.807) is 0 Å². The van der Waals surface area contributed by atoms with Crippen LogP contribution in [0.5, 0.6) is 0 Å². The van der Waals surface area contributed by atoms with Crippen LogP contribution in [0.25, 0.3) is 0 Å². The van der Waals surface area contributed by atoms with E-state index < -0.39 is 24.1 Å². The Morgan fingerprint density at radius 2 is 1.86 bits per heavy atom. The largest absolute Gasteiger partial charge is 0.430 e. The van der Waals surface area contributed by atoms with Crippen molar-refractivity contribution in [3.8, 4) is 0 Å². The fourth-order valence-corrected chi connectivity index (χ4v) is 2.86. The molecule has 1 atom stereocenters. The van der Waals surface area contributed by atoms with Crippen molar-refractivity contribution in [3.63, 3.8) is 0 Å². The maximum atomic E-state index is 12.7. The van der Waals surface area contributed by atoms with Crippen LogP contribution in [-0.4, -0.2) is 12.3 Å². The first-order valence-corrected chi connectivity index (χ1v) is 7.20. The molecule has 9 heteroatoms. The van der Waals surface area contributed by atoms with Crippen molar-refractivity contribution in [1.82, 2.24) is 5.43 Å². The summed E-state index contributed by atoms with van der Waals surface area (Å²) in [5, 5.41) is 0.385. The molecule has 1 unspecified atom stereocenters. The van der Waals surface area contributed by atoms with Crippen LogP contribution in [0.4, 0.5) is 23.7 Å². The quantitative estimate of drug-likeness (QED) is 0.843. The highest BCUT2D eigenvalue weighted by Gasteiger charge is 2.52. The molecule has 0 aromatic heterocycles. The van der Waals surface area contributed by atoms with Gasteiger partial charge in [-0.25, -0.2) is 9.80 Å². The molecule has 0 spiro atoms. The lowest BCUT2D eigenvalue weighted by Crippen LogP contribution is -2.40. The summed E-state index contributed by atoms with van der Waals surface area (Å²) in [6.07, 6.45) is -4.09. The molecule has 3 rings (SSSR count). The molecule has 1 N–H and O–H groups in total. The minimum absolute atomic E-state index is 0.0481. The van der Waals surface area contributed by atoms with E-state index >= 15 is 0 Å². The van der Waals surface area contributed by atoms with Crippen LogP contribution in [-0.2, 0) is 10.9 Å². The van der Waals surface area contributed by atoms with Crippen molar-refractivity contribution in [2.45, 2.75) is 32.2 Å². The second-order valence-corrected chi connectivity index (χ2v) is 6.48. The molecule has 1 heterocycles. The first-order chi connectivity index (χ1) is 10.1. The third-order valence-corrected chi connectivity index (χ3v) is 4.46. The molecule has 2 aliphatic rings. The third-order valence-electron chi connectivity index (χ3n) is 3.89. The van der Waals surface area contributed by atoms with Crippen LogP contribution in [0.3, 0.4) is 0 Å². The topological polar surface area (TPSA) is 41.6 Å². The Kier molecular flexibility index (Phi) is 3.50. The van der Waals surface area contributed by atoms with Crippen molar-refractivity contribution in [3.05, 3.63) is 27.7 Å². The zero-order valence-corrected chi connectivity index (χ0v) is 12.8. The summed E-state index contributed by atoms with van der Waals surface area (Å²) in [5.41, 5.74) is 1.61. The molecule has 4 nitrogen and oxygen atoms in total. The maximum absolute atomic E-state index is 12.7. The van der Waals surface area contributed by atoms with E-state index in [1.807, 2.05) is 6.92 Å². The van der Waals surface area contributed by atoms with Gasteiger partial charge in [0.2, 0.25) is 0 Å². The van der Waals surface area contributed by atoms with Crippen LogP contribution in [0.1, 0.15) is 25.3 Å². The summed E-state index contributed by atoms with van der Waals surface area (Å²) in [6.45, 7) is 1.94. The molecule has 1 aromatic rings. The minimum atomic E-state index is -4.57. The lowest BCUT2D eigenvalue weighted by Gasteiger charge is -2.20. The minimum Gasteiger partial charge on any atom is -0.427 e. The number of benzene rings is 1. The number of carbonyl (C=O) groups is 1. The number of cyclic esters (lactones) is 1. The predicted octanol–water partition coefficient (Wildman–Crippen LogP) is 4.60. The molecule has 22 heavy (non-hydrogen) atoms. The van der Waals surface area contributed by atoms with Gasteiger partial charge in [-0.05, 0) is 25.0 Å². The van der Waals surface area contributed by atoms with Gasteiger partial charge in [0.15, 0.2) is 6.23 Å². The lowest BCUT2D eigenvalue weighted by atomic mass is 10.1. The number of rotatable bonds is 2. The van der Waals surface area contributed by atoms with E-state index in [0.29, 0.717) is 0 Å². The van der Waals surface area contributed by atoms with Gasteiger partial charge in [0.05, 0.1) is 15.6 Å². The molecule has 0 bridgehead atoms. The molecule has 1 saturated carbocycles. The van der Waals surface area contributed by atoms with Crippen LogP contribution in [0.2, 0.25) is 10.0 Å². The van der Waals surface area contributed by atoms with Crippen molar-refractivity contribution < 1.29 is 22.7 Å². The van der Waals surface area contributed by atoms with Crippen molar-refractivity contribution >= 4 is 35.0 Å². The molecule has 1 aromatic carbocycles. The highest BCUT2D eigenvalue weighted by molar-refractivity contribution is 6.40. The van der Waals surface area contributed by atoms with E-state index in [9.17, 15) is 18.0 Å². The Labute approximate surface area is 134 Å². The van der Waals surface area contributed by atoms with Gasteiger partial charge in [0, 0.05) is 5.41 Å². The Bertz CT molecular complexity index is 624. The fraction of sp³-hybridized carbons (Fsp3) is 0.462. The summed E-state index contributed by atoms with van der Waals surface area (Å²) in [7, 11) is 0. The average Bonchev–Trinajstić information content (AvgIpc) is 3.02. The molecular formula is C13H11Cl2F3N2O2. The Hall–Kier alpha value is -1.18. The highest BCUT2D eigenvalue weighted by atomic mass is 35.5. The molecule has 1 saturated heterocycles. The van der Waals surface area contributed by atoms with Crippen LogP contribution in [0, 0.1) is 5.41 Å². The third kappa shape index (κ3) is 2.61.